The molecule has 110 valence electrons. The molecular formula is C15H15F2N3O. The van der Waals surface area contributed by atoms with Gasteiger partial charge in [-0.05, 0) is 25.3 Å². The minimum Gasteiger partial charge on any atom is -0.287 e. The maximum Gasteiger partial charge on any atom is 0.260 e. The summed E-state index contributed by atoms with van der Waals surface area (Å²) in [4.78, 5) is 12.6. The second-order valence-electron chi connectivity index (χ2n) is 5.05. The van der Waals surface area contributed by atoms with Crippen LogP contribution < -0.4 is 5.56 Å². The summed E-state index contributed by atoms with van der Waals surface area (Å²) in [5.74, 6) is 0. The van der Waals surface area contributed by atoms with Gasteiger partial charge in [0, 0.05) is 17.3 Å². The molecule has 3 aromatic rings. The fourth-order valence-corrected chi connectivity index (χ4v) is 2.70. The van der Waals surface area contributed by atoms with E-state index in [0.29, 0.717) is 17.6 Å². The van der Waals surface area contributed by atoms with Crippen LogP contribution in [0, 0.1) is 6.92 Å². The predicted octanol–water partition coefficient (Wildman–Crippen LogP) is 2.94. The van der Waals surface area contributed by atoms with Crippen LogP contribution in [0.4, 0.5) is 8.78 Å². The Balaban J connectivity index is 2.51. The maximum atomic E-state index is 12.9. The van der Waals surface area contributed by atoms with Gasteiger partial charge in [0.05, 0.1) is 12.7 Å². The molecule has 0 aliphatic heterocycles. The van der Waals surface area contributed by atoms with E-state index in [-0.39, 0.29) is 0 Å². The van der Waals surface area contributed by atoms with Gasteiger partial charge in [-0.3, -0.25) is 9.36 Å². The minimum absolute atomic E-state index is 0.392. The van der Waals surface area contributed by atoms with E-state index in [2.05, 4.69) is 5.10 Å². The summed E-state index contributed by atoms with van der Waals surface area (Å²) >= 11 is 0. The lowest BCUT2D eigenvalue weighted by atomic mass is 10.1. The summed E-state index contributed by atoms with van der Waals surface area (Å²) in [6.45, 7) is 3.63. The summed E-state index contributed by atoms with van der Waals surface area (Å²) < 4.78 is 28.4. The van der Waals surface area contributed by atoms with Gasteiger partial charge < -0.3 is 0 Å². The molecule has 0 bridgehead atoms. The number of benzene rings is 1. The zero-order chi connectivity index (χ0) is 15.1. The number of fused-ring (bicyclic) bond motifs is 3. The number of pyridine rings is 1. The van der Waals surface area contributed by atoms with E-state index in [0.717, 1.165) is 20.9 Å². The molecule has 6 heteroatoms. The van der Waals surface area contributed by atoms with Crippen molar-refractivity contribution in [1.29, 1.82) is 0 Å². The molecule has 2 aromatic heterocycles. The van der Waals surface area contributed by atoms with Crippen LogP contribution in [0.1, 0.15) is 12.5 Å². The Hall–Kier alpha value is -2.24. The van der Waals surface area contributed by atoms with Crippen LogP contribution in [0.2, 0.25) is 0 Å². The van der Waals surface area contributed by atoms with Gasteiger partial charge in [-0.15, -0.1) is 0 Å². The monoisotopic (exact) mass is 291 g/mol. The summed E-state index contributed by atoms with van der Waals surface area (Å²) in [6, 6.07) is 5.49. The van der Waals surface area contributed by atoms with Gasteiger partial charge in [-0.1, -0.05) is 17.7 Å². The highest BCUT2D eigenvalue weighted by Gasteiger charge is 2.17. The average molecular weight is 291 g/mol. The zero-order valence-electron chi connectivity index (χ0n) is 11.8. The average Bonchev–Trinajstić information content (AvgIpc) is 2.87. The Kier molecular flexibility index (Phi) is 3.23. The van der Waals surface area contributed by atoms with Crippen LogP contribution in [0.5, 0.6) is 0 Å². The maximum absolute atomic E-state index is 12.9. The van der Waals surface area contributed by atoms with Gasteiger partial charge in [-0.2, -0.15) is 5.10 Å². The molecule has 0 saturated carbocycles. The van der Waals surface area contributed by atoms with Crippen molar-refractivity contribution in [3.05, 3.63) is 40.3 Å². The highest BCUT2D eigenvalue weighted by Crippen LogP contribution is 2.24. The zero-order valence-corrected chi connectivity index (χ0v) is 11.8. The lowest BCUT2D eigenvalue weighted by Gasteiger charge is -2.12. The van der Waals surface area contributed by atoms with Crippen LogP contribution in [-0.4, -0.2) is 20.8 Å². The van der Waals surface area contributed by atoms with E-state index in [1.54, 1.807) is 16.9 Å². The van der Waals surface area contributed by atoms with Crippen molar-refractivity contribution in [2.45, 2.75) is 33.4 Å². The second kappa shape index (κ2) is 4.95. The Labute approximate surface area is 119 Å². The molecule has 2 heterocycles. The number of aromatic nitrogens is 3. The molecule has 4 nitrogen and oxygen atoms in total. The van der Waals surface area contributed by atoms with Crippen molar-refractivity contribution in [2.75, 3.05) is 0 Å². The van der Waals surface area contributed by atoms with Gasteiger partial charge in [-0.25, -0.2) is 13.5 Å². The molecule has 3 rings (SSSR count). The van der Waals surface area contributed by atoms with Gasteiger partial charge >= 0.3 is 0 Å². The molecule has 0 N–H and O–H groups in total. The smallest absolute Gasteiger partial charge is 0.260 e. The van der Waals surface area contributed by atoms with Gasteiger partial charge in [0.15, 0.2) is 0 Å². The molecule has 0 amide bonds. The van der Waals surface area contributed by atoms with E-state index in [4.69, 9.17) is 0 Å². The molecule has 0 spiro atoms. The quantitative estimate of drug-likeness (QED) is 0.744. The first kappa shape index (κ1) is 13.7. The van der Waals surface area contributed by atoms with Gasteiger partial charge in [0.2, 0.25) is 0 Å². The van der Waals surface area contributed by atoms with Crippen LogP contribution in [0.3, 0.4) is 0 Å². The molecule has 0 fully saturated rings. The van der Waals surface area contributed by atoms with Crippen LogP contribution >= 0.6 is 0 Å². The number of rotatable bonds is 3. The Morgan fingerprint density at radius 1 is 1.24 bits per heavy atom. The largest absolute Gasteiger partial charge is 0.287 e. The number of halogens is 2. The highest BCUT2D eigenvalue weighted by atomic mass is 19.3. The molecule has 1 aromatic carbocycles. The van der Waals surface area contributed by atoms with Crippen LogP contribution in [-0.2, 0) is 13.1 Å². The van der Waals surface area contributed by atoms with E-state index in [1.807, 2.05) is 26.0 Å². The fourth-order valence-electron chi connectivity index (χ4n) is 2.70. The molecular weight excluding hydrogens is 276 g/mol. The van der Waals surface area contributed by atoms with Crippen molar-refractivity contribution in [3.8, 4) is 0 Å². The fraction of sp³-hybridized carbons (Fsp3) is 0.333. The lowest BCUT2D eigenvalue weighted by molar-refractivity contribution is 0.126. The van der Waals surface area contributed by atoms with Crippen LogP contribution in [0.25, 0.3) is 21.8 Å². The standard InChI is InChI=1S/C15H15F2N3O/c1-3-20-14-12(7-18-20)10-5-4-9(2)6-11(10)15(21)19(14)8-13(16)17/h4-7,13H,3,8H2,1-2H3. The van der Waals surface area contributed by atoms with Crippen LogP contribution in [0.15, 0.2) is 29.2 Å². The normalized spacial score (nSPS) is 11.9. The van der Waals surface area contributed by atoms with Crippen molar-refractivity contribution in [1.82, 2.24) is 14.3 Å². The van der Waals surface area contributed by atoms with E-state index in [1.165, 1.54) is 0 Å². The minimum atomic E-state index is -2.59. The Morgan fingerprint density at radius 3 is 2.67 bits per heavy atom. The summed E-state index contributed by atoms with van der Waals surface area (Å²) in [7, 11) is 0. The number of hydrogen-bond donors (Lipinski definition) is 0. The van der Waals surface area contributed by atoms with Crippen molar-refractivity contribution in [3.63, 3.8) is 0 Å². The molecule has 0 aliphatic carbocycles. The first-order chi connectivity index (χ1) is 10.0. The Morgan fingerprint density at radius 2 is 2.00 bits per heavy atom. The third-order valence-corrected chi connectivity index (χ3v) is 3.63. The SMILES string of the molecule is CCn1ncc2c3ccc(C)cc3c(=O)n(CC(F)F)c21. The molecule has 0 unspecified atom stereocenters. The van der Waals surface area contributed by atoms with Crippen molar-refractivity contribution in [2.24, 2.45) is 0 Å². The third kappa shape index (κ3) is 2.11. The number of nitrogens with zero attached hydrogens (tertiary/aromatic N) is 3. The number of aryl methyl sites for hydroxylation is 2. The molecule has 0 aliphatic rings. The molecule has 21 heavy (non-hydrogen) atoms. The second-order valence-corrected chi connectivity index (χ2v) is 5.05. The Bertz CT molecular complexity index is 880. The first-order valence-corrected chi connectivity index (χ1v) is 6.79. The van der Waals surface area contributed by atoms with E-state index in [9.17, 15) is 13.6 Å². The predicted molar refractivity (Wildman–Crippen MR) is 77.9 cm³/mol. The van der Waals surface area contributed by atoms with Gasteiger partial charge in [0.1, 0.15) is 5.65 Å². The summed E-state index contributed by atoms with van der Waals surface area (Å²) in [6.07, 6.45) is -0.953. The number of alkyl halides is 2. The third-order valence-electron chi connectivity index (χ3n) is 3.63. The van der Waals surface area contributed by atoms with E-state index < -0.39 is 18.5 Å². The topological polar surface area (TPSA) is 39.8 Å². The van der Waals surface area contributed by atoms with Crippen molar-refractivity contribution < 1.29 is 8.78 Å². The van der Waals surface area contributed by atoms with Crippen molar-refractivity contribution >= 4 is 21.8 Å². The molecule has 0 radical (unpaired) electrons. The lowest BCUT2D eigenvalue weighted by Crippen LogP contribution is -2.25. The van der Waals surface area contributed by atoms with E-state index >= 15 is 0 Å². The first-order valence-electron chi connectivity index (χ1n) is 6.79. The summed E-state index contributed by atoms with van der Waals surface area (Å²) in [5, 5.41) is 6.15. The molecule has 0 saturated heterocycles. The highest BCUT2D eigenvalue weighted by molar-refractivity contribution is 6.04. The molecule has 0 atom stereocenters. The number of hydrogen-bond acceptors (Lipinski definition) is 2. The summed E-state index contributed by atoms with van der Waals surface area (Å²) in [5.41, 5.74) is 0.987. The van der Waals surface area contributed by atoms with Gasteiger partial charge in [0.25, 0.3) is 12.0 Å².